The van der Waals surface area contributed by atoms with E-state index in [1.54, 1.807) is 25.6 Å². The Hall–Kier alpha value is -1.49. The van der Waals surface area contributed by atoms with E-state index in [-0.39, 0.29) is 10.7 Å². The van der Waals surface area contributed by atoms with Gasteiger partial charge in [0.05, 0.1) is 0 Å². The number of rotatable bonds is 6. The Kier molecular flexibility index (Phi) is 4.61. The summed E-state index contributed by atoms with van der Waals surface area (Å²) in [6.07, 6.45) is 3.61. The van der Waals surface area contributed by atoms with Crippen LogP contribution in [0.3, 0.4) is 0 Å². The Morgan fingerprint density at radius 1 is 1.29 bits per heavy atom. The minimum absolute atomic E-state index is 0.0425. The first-order valence-corrected chi connectivity index (χ1v) is 8.00. The summed E-state index contributed by atoms with van der Waals surface area (Å²) in [6, 6.07) is 10.1. The second-order valence-electron chi connectivity index (χ2n) is 6.17. The van der Waals surface area contributed by atoms with E-state index < -0.39 is 11.4 Å². The van der Waals surface area contributed by atoms with Gasteiger partial charge in [-0.15, -0.1) is 11.8 Å². The Morgan fingerprint density at radius 3 is 2.38 bits per heavy atom. The molecule has 0 aliphatic heterocycles. The molecule has 0 bridgehead atoms. The maximum atomic E-state index is 12.2. The van der Waals surface area contributed by atoms with Crippen LogP contribution in [0.1, 0.15) is 39.5 Å². The van der Waals surface area contributed by atoms with E-state index in [1.165, 1.54) is 4.90 Å². The molecular formula is C16H22N2O2S. The number of nitrogens with one attached hydrogen (secondary N) is 1. The lowest BCUT2D eigenvalue weighted by molar-refractivity contribution is -0.130. The number of amides is 2. The van der Waals surface area contributed by atoms with Gasteiger partial charge in [-0.05, 0) is 38.8 Å². The quantitative estimate of drug-likeness (QED) is 0.848. The summed E-state index contributed by atoms with van der Waals surface area (Å²) in [6.45, 7) is 3.26. The van der Waals surface area contributed by atoms with Crippen LogP contribution in [0.2, 0.25) is 0 Å². The third-order valence-corrected chi connectivity index (χ3v) is 5.39. The number of thioether (sulfide) groups is 1. The summed E-state index contributed by atoms with van der Waals surface area (Å²) < 4.78 is -0.0425. The second-order valence-corrected chi connectivity index (χ2v) is 7.71. The van der Waals surface area contributed by atoms with Crippen molar-refractivity contribution in [3.05, 3.63) is 30.3 Å². The van der Waals surface area contributed by atoms with Gasteiger partial charge in [-0.1, -0.05) is 24.6 Å². The van der Waals surface area contributed by atoms with Crippen LogP contribution in [0.4, 0.5) is 0 Å². The molecule has 2 rings (SSSR count). The van der Waals surface area contributed by atoms with Crippen LogP contribution in [-0.2, 0) is 9.59 Å². The number of benzene rings is 1. The van der Waals surface area contributed by atoms with Gasteiger partial charge in [0.2, 0.25) is 11.8 Å². The van der Waals surface area contributed by atoms with Gasteiger partial charge in [-0.25, -0.2) is 0 Å². The van der Waals surface area contributed by atoms with Gasteiger partial charge in [0, 0.05) is 16.1 Å². The molecule has 0 spiro atoms. The summed E-state index contributed by atoms with van der Waals surface area (Å²) in [5, 5.41) is 2.74. The number of hydrogen-bond donors (Lipinski definition) is 2. The van der Waals surface area contributed by atoms with Crippen LogP contribution < -0.4 is 11.1 Å². The highest BCUT2D eigenvalue weighted by molar-refractivity contribution is 8.00. The summed E-state index contributed by atoms with van der Waals surface area (Å²) in [5.41, 5.74) is 4.29. The molecule has 114 valence electrons. The van der Waals surface area contributed by atoms with Crippen molar-refractivity contribution >= 4 is 23.6 Å². The van der Waals surface area contributed by atoms with Crippen molar-refractivity contribution in [1.29, 1.82) is 0 Å². The molecule has 1 fully saturated rings. The molecule has 2 amide bonds. The normalized spacial score (nSPS) is 16.9. The minimum Gasteiger partial charge on any atom is -0.368 e. The Labute approximate surface area is 129 Å². The molecule has 0 saturated heterocycles. The maximum absolute atomic E-state index is 12.2. The molecule has 1 saturated carbocycles. The van der Waals surface area contributed by atoms with Crippen LogP contribution in [0.15, 0.2) is 35.2 Å². The maximum Gasteiger partial charge on any atom is 0.242 e. The lowest BCUT2D eigenvalue weighted by atomic mass is 9.81. The third kappa shape index (κ3) is 4.00. The largest absolute Gasteiger partial charge is 0.368 e. The molecule has 3 N–H and O–H groups in total. The minimum atomic E-state index is -1.00. The molecular weight excluding hydrogens is 284 g/mol. The van der Waals surface area contributed by atoms with Gasteiger partial charge >= 0.3 is 0 Å². The van der Waals surface area contributed by atoms with Gasteiger partial charge in [0.15, 0.2) is 0 Å². The van der Waals surface area contributed by atoms with Crippen LogP contribution in [0, 0.1) is 0 Å². The van der Waals surface area contributed by atoms with Crippen molar-refractivity contribution < 1.29 is 9.59 Å². The predicted molar refractivity (Wildman–Crippen MR) is 84.9 cm³/mol. The summed E-state index contributed by atoms with van der Waals surface area (Å²) in [7, 11) is 0. The number of carbonyl (C=O) groups excluding carboxylic acids is 2. The van der Waals surface area contributed by atoms with Gasteiger partial charge in [0.25, 0.3) is 0 Å². The molecule has 0 radical (unpaired) electrons. The Morgan fingerprint density at radius 2 is 1.90 bits per heavy atom. The van der Waals surface area contributed by atoms with E-state index in [0.29, 0.717) is 6.42 Å². The first-order chi connectivity index (χ1) is 9.83. The fourth-order valence-electron chi connectivity index (χ4n) is 2.37. The van der Waals surface area contributed by atoms with E-state index in [0.717, 1.165) is 19.3 Å². The SMILES string of the molecule is CC(C)(NC(=O)CC1(Sc2ccccc2)CCC1)C(N)=O. The molecule has 0 aromatic heterocycles. The molecule has 4 nitrogen and oxygen atoms in total. The summed E-state index contributed by atoms with van der Waals surface area (Å²) in [5.74, 6) is -0.629. The lowest BCUT2D eigenvalue weighted by Crippen LogP contribution is -2.54. The topological polar surface area (TPSA) is 72.2 Å². The second kappa shape index (κ2) is 6.10. The zero-order valence-electron chi connectivity index (χ0n) is 12.5. The van der Waals surface area contributed by atoms with Crippen molar-refractivity contribution in [3.63, 3.8) is 0 Å². The van der Waals surface area contributed by atoms with E-state index in [2.05, 4.69) is 17.4 Å². The molecule has 0 atom stereocenters. The van der Waals surface area contributed by atoms with Crippen molar-refractivity contribution in [3.8, 4) is 0 Å². The fourth-order valence-corrected chi connectivity index (χ4v) is 3.86. The number of primary amides is 1. The molecule has 1 aromatic rings. The van der Waals surface area contributed by atoms with Gasteiger partial charge < -0.3 is 11.1 Å². The Bertz CT molecular complexity index is 524. The van der Waals surface area contributed by atoms with Gasteiger partial charge in [-0.2, -0.15) is 0 Å². The van der Waals surface area contributed by atoms with Crippen LogP contribution >= 0.6 is 11.8 Å². The standard InChI is InChI=1S/C16H22N2O2S/c1-15(2,14(17)20)18-13(19)11-16(9-6-10-16)21-12-7-4-3-5-8-12/h3-5,7-8H,6,9-11H2,1-2H3,(H2,17,20)(H,18,19). The average molecular weight is 306 g/mol. The van der Waals surface area contributed by atoms with Crippen molar-refractivity contribution in [2.75, 3.05) is 0 Å². The smallest absolute Gasteiger partial charge is 0.242 e. The van der Waals surface area contributed by atoms with Crippen molar-refractivity contribution in [2.45, 2.75) is 54.7 Å². The molecule has 21 heavy (non-hydrogen) atoms. The van der Waals surface area contributed by atoms with Crippen molar-refractivity contribution in [1.82, 2.24) is 5.32 Å². The first-order valence-electron chi connectivity index (χ1n) is 7.18. The number of carbonyl (C=O) groups is 2. The third-order valence-electron chi connectivity index (χ3n) is 3.89. The first kappa shape index (κ1) is 15.9. The van der Waals surface area contributed by atoms with E-state index in [9.17, 15) is 9.59 Å². The monoisotopic (exact) mass is 306 g/mol. The average Bonchev–Trinajstić information content (AvgIpc) is 2.36. The van der Waals surface area contributed by atoms with E-state index >= 15 is 0 Å². The van der Waals surface area contributed by atoms with Gasteiger partial charge in [0.1, 0.15) is 5.54 Å². The molecule has 0 heterocycles. The zero-order valence-corrected chi connectivity index (χ0v) is 13.3. The fraction of sp³-hybridized carbons (Fsp3) is 0.500. The molecule has 5 heteroatoms. The molecule has 1 aliphatic rings. The van der Waals surface area contributed by atoms with Crippen LogP contribution in [0.5, 0.6) is 0 Å². The number of hydrogen-bond acceptors (Lipinski definition) is 3. The molecule has 1 aliphatic carbocycles. The highest BCUT2D eigenvalue weighted by atomic mass is 32.2. The van der Waals surface area contributed by atoms with Crippen molar-refractivity contribution in [2.24, 2.45) is 5.73 Å². The summed E-state index contributed by atoms with van der Waals surface area (Å²) in [4.78, 5) is 24.7. The number of nitrogens with two attached hydrogens (primary N) is 1. The molecule has 0 unspecified atom stereocenters. The zero-order chi connectivity index (χ0) is 15.5. The van der Waals surface area contributed by atoms with Gasteiger partial charge in [-0.3, -0.25) is 9.59 Å². The molecule has 1 aromatic carbocycles. The van der Waals surface area contributed by atoms with Crippen LogP contribution in [-0.4, -0.2) is 22.1 Å². The predicted octanol–water partition coefficient (Wildman–Crippen LogP) is 2.47. The van der Waals surface area contributed by atoms with Crippen LogP contribution in [0.25, 0.3) is 0 Å². The lowest BCUT2D eigenvalue weighted by Gasteiger charge is -2.41. The van der Waals surface area contributed by atoms with E-state index in [1.807, 2.05) is 18.2 Å². The highest BCUT2D eigenvalue weighted by Crippen LogP contribution is 2.49. The Balaban J connectivity index is 1.99. The summed E-state index contributed by atoms with van der Waals surface area (Å²) >= 11 is 1.76. The highest BCUT2D eigenvalue weighted by Gasteiger charge is 2.41. The van der Waals surface area contributed by atoms with E-state index in [4.69, 9.17) is 5.73 Å².